The van der Waals surface area contributed by atoms with Crippen LogP contribution in [-0.4, -0.2) is 13.0 Å². The molecule has 7 heteroatoms. The fourth-order valence-electron chi connectivity index (χ4n) is 2.43. The Morgan fingerprint density at radius 2 is 1.76 bits per heavy atom. The van der Waals surface area contributed by atoms with E-state index in [9.17, 15) is 18.1 Å². The summed E-state index contributed by atoms with van der Waals surface area (Å²) in [5.74, 6) is -0.601. The summed E-state index contributed by atoms with van der Waals surface area (Å²) in [6.07, 6.45) is 4.63. The average Bonchev–Trinajstić information content (AvgIpc) is 2.54. The molecular formula is C18H21NaO5S. The summed E-state index contributed by atoms with van der Waals surface area (Å²) in [7, 11) is -4.56. The first-order valence-electron chi connectivity index (χ1n) is 7.96. The van der Waals surface area contributed by atoms with Gasteiger partial charge in [-0.3, -0.25) is 4.55 Å². The Morgan fingerprint density at radius 1 is 1.08 bits per heavy atom. The van der Waals surface area contributed by atoms with Gasteiger partial charge in [0.1, 0.15) is 16.4 Å². The Labute approximate surface area is 171 Å². The fourth-order valence-corrected chi connectivity index (χ4v) is 3.11. The molecule has 25 heavy (non-hydrogen) atoms. The van der Waals surface area contributed by atoms with E-state index >= 15 is 0 Å². The molecule has 130 valence electrons. The van der Waals surface area contributed by atoms with Gasteiger partial charge < -0.3 is 9.84 Å². The second kappa shape index (κ2) is 10.2. The van der Waals surface area contributed by atoms with Gasteiger partial charge in [0, 0.05) is 0 Å². The van der Waals surface area contributed by atoms with E-state index < -0.39 is 20.8 Å². The third kappa shape index (κ3) is 6.64. The third-order valence-electron chi connectivity index (χ3n) is 3.64. The van der Waals surface area contributed by atoms with Crippen molar-refractivity contribution in [1.29, 1.82) is 0 Å². The predicted molar refractivity (Wildman–Crippen MR) is 90.1 cm³/mol. The zero-order valence-corrected chi connectivity index (χ0v) is 17.4. The van der Waals surface area contributed by atoms with E-state index in [0.29, 0.717) is 17.7 Å². The van der Waals surface area contributed by atoms with Gasteiger partial charge in [-0.2, -0.15) is 8.42 Å². The SMILES string of the molecule is CCCCCCc1cc([O-])c(Oc2ccccc2)c(S(=O)(=O)O)c1.[Na+]. The molecule has 0 unspecified atom stereocenters. The minimum Gasteiger partial charge on any atom is -0.870 e. The minimum absolute atomic E-state index is 0. The van der Waals surface area contributed by atoms with Crippen LogP contribution in [0.25, 0.3) is 0 Å². The van der Waals surface area contributed by atoms with Crippen LogP contribution in [0.15, 0.2) is 47.4 Å². The second-order valence-corrected chi connectivity index (χ2v) is 7.01. The summed E-state index contributed by atoms with van der Waals surface area (Å²) in [6.45, 7) is 2.10. The number of hydrogen-bond acceptors (Lipinski definition) is 4. The molecule has 2 aromatic carbocycles. The topological polar surface area (TPSA) is 86.7 Å². The van der Waals surface area contributed by atoms with Gasteiger partial charge in [0.2, 0.25) is 0 Å². The van der Waals surface area contributed by atoms with E-state index in [4.69, 9.17) is 4.74 Å². The number of rotatable bonds is 8. The minimum atomic E-state index is -4.56. The fraction of sp³-hybridized carbons (Fsp3) is 0.333. The van der Waals surface area contributed by atoms with Gasteiger partial charge in [-0.05, 0) is 36.6 Å². The zero-order chi connectivity index (χ0) is 17.6. The molecular weight excluding hydrogens is 351 g/mol. The number of ether oxygens (including phenoxy) is 1. The number of hydrogen-bond donors (Lipinski definition) is 1. The van der Waals surface area contributed by atoms with Crippen LogP contribution in [-0.2, 0) is 16.5 Å². The maximum atomic E-state index is 12.3. The molecule has 0 saturated heterocycles. The molecule has 0 heterocycles. The molecule has 2 aromatic rings. The monoisotopic (exact) mass is 372 g/mol. The van der Waals surface area contributed by atoms with E-state index in [1.165, 1.54) is 12.1 Å². The van der Waals surface area contributed by atoms with Crippen LogP contribution in [0, 0.1) is 0 Å². The molecule has 2 rings (SSSR count). The number of unbranched alkanes of at least 4 members (excludes halogenated alkanes) is 3. The van der Waals surface area contributed by atoms with Gasteiger partial charge in [0.15, 0.2) is 0 Å². The van der Waals surface area contributed by atoms with Crippen molar-refractivity contribution in [3.63, 3.8) is 0 Å². The molecule has 5 nitrogen and oxygen atoms in total. The number of benzene rings is 2. The van der Waals surface area contributed by atoms with Crippen molar-refractivity contribution < 1.29 is 52.4 Å². The molecule has 0 radical (unpaired) electrons. The molecule has 0 aromatic heterocycles. The summed E-state index contributed by atoms with van der Waals surface area (Å²) < 4.78 is 38.2. The van der Waals surface area contributed by atoms with Gasteiger partial charge >= 0.3 is 29.6 Å². The maximum Gasteiger partial charge on any atom is 1.00 e. The Balaban J connectivity index is 0.00000312. The quantitative estimate of drug-likeness (QED) is 0.423. The average molecular weight is 372 g/mol. The van der Waals surface area contributed by atoms with Crippen LogP contribution in [0.3, 0.4) is 0 Å². The Kier molecular flexibility index (Phi) is 8.96. The van der Waals surface area contributed by atoms with Crippen LogP contribution in [0.5, 0.6) is 17.2 Å². The molecule has 0 atom stereocenters. The number of aryl methyl sites for hydroxylation is 1. The van der Waals surface area contributed by atoms with Crippen LogP contribution < -0.4 is 39.4 Å². The van der Waals surface area contributed by atoms with Crippen molar-refractivity contribution >= 4 is 10.1 Å². The van der Waals surface area contributed by atoms with Gasteiger partial charge in [0.25, 0.3) is 10.1 Å². The van der Waals surface area contributed by atoms with Crippen molar-refractivity contribution in [3.05, 3.63) is 48.0 Å². The van der Waals surface area contributed by atoms with Crippen LogP contribution >= 0.6 is 0 Å². The van der Waals surface area contributed by atoms with E-state index in [0.717, 1.165) is 25.7 Å². The predicted octanol–water partition coefficient (Wildman–Crippen LogP) is 0.926. The Bertz CT molecular complexity index is 776. The molecule has 0 bridgehead atoms. The van der Waals surface area contributed by atoms with Gasteiger partial charge in [-0.1, -0.05) is 56.2 Å². The van der Waals surface area contributed by atoms with Crippen molar-refractivity contribution in [2.24, 2.45) is 0 Å². The van der Waals surface area contributed by atoms with E-state index in [1.54, 1.807) is 30.3 Å². The van der Waals surface area contributed by atoms with Crippen molar-refractivity contribution in [2.75, 3.05) is 0 Å². The van der Waals surface area contributed by atoms with Crippen LogP contribution in [0.2, 0.25) is 0 Å². The zero-order valence-electron chi connectivity index (χ0n) is 14.6. The second-order valence-electron chi connectivity index (χ2n) is 5.62. The molecule has 0 saturated carbocycles. The molecule has 1 N–H and O–H groups in total. The van der Waals surface area contributed by atoms with Crippen molar-refractivity contribution in [3.8, 4) is 17.2 Å². The third-order valence-corrected chi connectivity index (χ3v) is 4.50. The maximum absolute atomic E-state index is 12.3. The molecule has 0 spiro atoms. The largest absolute Gasteiger partial charge is 1.00 e. The van der Waals surface area contributed by atoms with Crippen LogP contribution in [0.4, 0.5) is 0 Å². The number of para-hydroxylation sites is 1. The standard InChI is InChI=1S/C18H22O5S.Na/c1-2-3-4-6-9-14-12-16(19)18(17(13-14)24(20,21)22)23-15-10-7-5-8-11-15;/h5,7-8,10-13,19H,2-4,6,9H2,1H3,(H,20,21,22);/q;+1/p-1. The molecule has 0 fully saturated rings. The smallest absolute Gasteiger partial charge is 0.870 e. The van der Waals surface area contributed by atoms with Gasteiger partial charge in [-0.15, -0.1) is 0 Å². The Morgan fingerprint density at radius 3 is 2.36 bits per heavy atom. The molecule has 0 aliphatic heterocycles. The molecule has 0 aliphatic rings. The van der Waals surface area contributed by atoms with Crippen molar-refractivity contribution in [1.82, 2.24) is 0 Å². The Hall–Kier alpha value is -1.05. The summed E-state index contributed by atoms with van der Waals surface area (Å²) in [4.78, 5) is -0.482. The van der Waals surface area contributed by atoms with E-state index in [1.807, 2.05) is 0 Å². The molecule has 0 aliphatic carbocycles. The first kappa shape index (κ1) is 22.0. The van der Waals surface area contributed by atoms with Crippen LogP contribution in [0.1, 0.15) is 38.2 Å². The van der Waals surface area contributed by atoms with Gasteiger partial charge in [0.05, 0.1) is 0 Å². The van der Waals surface area contributed by atoms with E-state index in [-0.39, 0.29) is 35.3 Å². The molecule has 0 amide bonds. The normalized spacial score (nSPS) is 11.0. The van der Waals surface area contributed by atoms with E-state index in [2.05, 4.69) is 6.92 Å². The summed E-state index contributed by atoms with van der Waals surface area (Å²) in [5, 5.41) is 12.3. The van der Waals surface area contributed by atoms with Gasteiger partial charge in [-0.25, -0.2) is 0 Å². The first-order valence-corrected chi connectivity index (χ1v) is 9.40. The first-order chi connectivity index (χ1) is 11.4. The summed E-state index contributed by atoms with van der Waals surface area (Å²) in [6, 6.07) is 11.1. The summed E-state index contributed by atoms with van der Waals surface area (Å²) >= 11 is 0. The van der Waals surface area contributed by atoms with Crippen molar-refractivity contribution in [2.45, 2.75) is 43.9 Å². The summed E-state index contributed by atoms with van der Waals surface area (Å²) in [5.41, 5.74) is 0.587.